The van der Waals surface area contributed by atoms with Gasteiger partial charge in [-0.25, -0.2) is 4.99 Å². The summed E-state index contributed by atoms with van der Waals surface area (Å²) in [4.78, 5) is 12.2. The zero-order valence-electron chi connectivity index (χ0n) is 15.0. The van der Waals surface area contributed by atoms with Crippen LogP contribution in [0.5, 0.6) is 0 Å². The standard InChI is InChI=1S/C20H25N5.HI/c1-2-21-20(25-15-17-9-5-6-12-22-17)23-13-7-8-16-14-24-19-11-4-3-10-18(16)19;/h3-6,9-12,14,24H,2,7-8,13,15H2,1H3,(H2,21,23,25);1H. The van der Waals surface area contributed by atoms with Gasteiger partial charge in [0, 0.05) is 36.4 Å². The number of aromatic amines is 1. The van der Waals surface area contributed by atoms with Gasteiger partial charge in [0.25, 0.3) is 0 Å². The molecular weight excluding hydrogens is 437 g/mol. The summed E-state index contributed by atoms with van der Waals surface area (Å²) in [7, 11) is 0. The maximum atomic E-state index is 4.59. The third-order valence-corrected chi connectivity index (χ3v) is 4.06. The summed E-state index contributed by atoms with van der Waals surface area (Å²) in [5.74, 6) is 0.840. The van der Waals surface area contributed by atoms with E-state index in [9.17, 15) is 0 Å². The van der Waals surface area contributed by atoms with Crippen LogP contribution in [0.15, 0.2) is 59.9 Å². The van der Waals surface area contributed by atoms with Crippen molar-refractivity contribution in [1.29, 1.82) is 0 Å². The number of hydrogen-bond donors (Lipinski definition) is 3. The number of H-pyrrole nitrogens is 1. The summed E-state index contributed by atoms with van der Waals surface area (Å²) in [5.41, 5.74) is 3.54. The van der Waals surface area contributed by atoms with E-state index in [4.69, 9.17) is 0 Å². The van der Waals surface area contributed by atoms with Gasteiger partial charge in [0.1, 0.15) is 0 Å². The van der Waals surface area contributed by atoms with Crippen LogP contribution in [0.2, 0.25) is 0 Å². The molecular formula is C20H26IN5. The molecule has 5 nitrogen and oxygen atoms in total. The van der Waals surface area contributed by atoms with Crippen molar-refractivity contribution in [2.24, 2.45) is 4.99 Å². The Bertz CT molecular complexity index is 813. The molecule has 138 valence electrons. The number of para-hydroxylation sites is 1. The minimum Gasteiger partial charge on any atom is -0.361 e. The molecule has 3 aromatic rings. The molecule has 0 saturated carbocycles. The molecule has 3 rings (SSSR count). The Morgan fingerprint density at radius 2 is 1.96 bits per heavy atom. The van der Waals surface area contributed by atoms with Crippen LogP contribution < -0.4 is 10.6 Å². The van der Waals surface area contributed by atoms with Crippen LogP contribution in [-0.4, -0.2) is 29.0 Å². The van der Waals surface area contributed by atoms with Crippen molar-refractivity contribution < 1.29 is 0 Å². The monoisotopic (exact) mass is 463 g/mol. The number of halogens is 1. The molecule has 0 bridgehead atoms. The van der Waals surface area contributed by atoms with Crippen LogP contribution in [0.4, 0.5) is 0 Å². The van der Waals surface area contributed by atoms with Crippen LogP contribution in [0.25, 0.3) is 10.9 Å². The summed E-state index contributed by atoms with van der Waals surface area (Å²) < 4.78 is 0. The minimum absolute atomic E-state index is 0. The predicted octanol–water partition coefficient (Wildman–Crippen LogP) is 3.87. The molecule has 3 N–H and O–H groups in total. The summed E-state index contributed by atoms with van der Waals surface area (Å²) in [6, 6.07) is 14.3. The number of nitrogens with zero attached hydrogens (tertiary/aromatic N) is 2. The van der Waals surface area contributed by atoms with Gasteiger partial charge in [-0.05, 0) is 43.5 Å². The molecule has 0 aliphatic rings. The van der Waals surface area contributed by atoms with E-state index < -0.39 is 0 Å². The average Bonchev–Trinajstić information content (AvgIpc) is 3.07. The van der Waals surface area contributed by atoms with Crippen molar-refractivity contribution in [3.8, 4) is 0 Å². The Morgan fingerprint density at radius 3 is 2.77 bits per heavy atom. The van der Waals surface area contributed by atoms with Crippen LogP contribution >= 0.6 is 24.0 Å². The van der Waals surface area contributed by atoms with Crippen LogP contribution in [0.3, 0.4) is 0 Å². The molecule has 2 heterocycles. The number of aliphatic imine (C=N–C) groups is 1. The maximum Gasteiger partial charge on any atom is 0.191 e. The summed E-state index contributed by atoms with van der Waals surface area (Å²) >= 11 is 0. The molecule has 0 radical (unpaired) electrons. The van der Waals surface area contributed by atoms with Gasteiger partial charge in [-0.3, -0.25) is 4.98 Å². The topological polar surface area (TPSA) is 65.1 Å². The maximum absolute atomic E-state index is 4.59. The molecule has 26 heavy (non-hydrogen) atoms. The molecule has 0 aliphatic heterocycles. The van der Waals surface area contributed by atoms with Gasteiger partial charge in [-0.2, -0.15) is 0 Å². The van der Waals surface area contributed by atoms with Crippen molar-refractivity contribution in [2.75, 3.05) is 13.1 Å². The Kier molecular flexibility index (Phi) is 8.40. The minimum atomic E-state index is 0. The number of aryl methyl sites for hydroxylation is 1. The molecule has 0 saturated heterocycles. The number of hydrogen-bond acceptors (Lipinski definition) is 2. The lowest BCUT2D eigenvalue weighted by Crippen LogP contribution is -2.37. The lowest BCUT2D eigenvalue weighted by molar-refractivity contribution is 0.744. The highest BCUT2D eigenvalue weighted by Gasteiger charge is 2.03. The first kappa shape index (κ1) is 20.2. The second-order valence-electron chi connectivity index (χ2n) is 5.91. The smallest absolute Gasteiger partial charge is 0.191 e. The second kappa shape index (κ2) is 10.8. The van der Waals surface area contributed by atoms with E-state index in [0.717, 1.165) is 37.6 Å². The fourth-order valence-corrected chi connectivity index (χ4v) is 2.82. The van der Waals surface area contributed by atoms with E-state index in [1.165, 1.54) is 16.5 Å². The van der Waals surface area contributed by atoms with Crippen molar-refractivity contribution in [3.63, 3.8) is 0 Å². The van der Waals surface area contributed by atoms with Gasteiger partial charge < -0.3 is 15.6 Å². The van der Waals surface area contributed by atoms with E-state index in [1.807, 2.05) is 18.2 Å². The number of pyridine rings is 1. The van der Waals surface area contributed by atoms with E-state index in [1.54, 1.807) is 6.20 Å². The van der Waals surface area contributed by atoms with E-state index in [0.29, 0.717) is 6.54 Å². The number of guanidine groups is 1. The fraction of sp³-hybridized carbons (Fsp3) is 0.300. The first-order valence-electron chi connectivity index (χ1n) is 8.84. The molecule has 0 amide bonds. The Labute approximate surface area is 171 Å². The Balaban J connectivity index is 0.00000243. The molecule has 0 aliphatic carbocycles. The highest BCUT2D eigenvalue weighted by Crippen LogP contribution is 2.18. The number of fused-ring (bicyclic) bond motifs is 1. The molecule has 1 aromatic carbocycles. The first-order valence-corrected chi connectivity index (χ1v) is 8.84. The van der Waals surface area contributed by atoms with Gasteiger partial charge in [-0.15, -0.1) is 24.0 Å². The Morgan fingerprint density at radius 1 is 1.12 bits per heavy atom. The number of aromatic nitrogens is 2. The number of rotatable bonds is 7. The molecule has 2 aromatic heterocycles. The third-order valence-electron chi connectivity index (χ3n) is 4.06. The second-order valence-corrected chi connectivity index (χ2v) is 5.91. The SMILES string of the molecule is CCNC(=NCc1ccccn1)NCCCc1c[nH]c2ccccc12.I. The normalized spacial score (nSPS) is 11.2. The van der Waals surface area contributed by atoms with E-state index >= 15 is 0 Å². The molecule has 0 unspecified atom stereocenters. The fourth-order valence-electron chi connectivity index (χ4n) is 2.82. The summed E-state index contributed by atoms with van der Waals surface area (Å²) in [5, 5.41) is 8.00. The van der Waals surface area contributed by atoms with Crippen molar-refractivity contribution >= 4 is 40.8 Å². The van der Waals surface area contributed by atoms with Crippen molar-refractivity contribution in [3.05, 3.63) is 66.1 Å². The van der Waals surface area contributed by atoms with Gasteiger partial charge in [0.15, 0.2) is 5.96 Å². The molecule has 0 spiro atoms. The van der Waals surface area contributed by atoms with Crippen LogP contribution in [0.1, 0.15) is 24.6 Å². The highest BCUT2D eigenvalue weighted by molar-refractivity contribution is 14.0. The quantitative estimate of drug-likeness (QED) is 0.216. The zero-order valence-corrected chi connectivity index (χ0v) is 17.4. The zero-order chi connectivity index (χ0) is 17.3. The summed E-state index contributed by atoms with van der Waals surface area (Å²) in [6.45, 7) is 4.38. The van der Waals surface area contributed by atoms with Gasteiger partial charge in [0.2, 0.25) is 0 Å². The average molecular weight is 463 g/mol. The van der Waals surface area contributed by atoms with E-state index in [-0.39, 0.29) is 24.0 Å². The van der Waals surface area contributed by atoms with E-state index in [2.05, 4.69) is 63.0 Å². The third kappa shape index (κ3) is 5.72. The van der Waals surface area contributed by atoms with Crippen LogP contribution in [-0.2, 0) is 13.0 Å². The first-order chi connectivity index (χ1) is 12.4. The number of nitrogens with one attached hydrogen (secondary N) is 3. The molecule has 0 fully saturated rings. The van der Waals surface area contributed by atoms with Gasteiger partial charge in [-0.1, -0.05) is 24.3 Å². The predicted molar refractivity (Wildman–Crippen MR) is 119 cm³/mol. The molecule has 0 atom stereocenters. The summed E-state index contributed by atoms with van der Waals surface area (Å²) in [6.07, 6.45) is 6.00. The van der Waals surface area contributed by atoms with Gasteiger partial charge in [0.05, 0.1) is 12.2 Å². The van der Waals surface area contributed by atoms with Crippen molar-refractivity contribution in [2.45, 2.75) is 26.3 Å². The number of benzene rings is 1. The Hall–Kier alpha value is -2.09. The van der Waals surface area contributed by atoms with Gasteiger partial charge >= 0.3 is 0 Å². The highest BCUT2D eigenvalue weighted by atomic mass is 127. The van der Waals surface area contributed by atoms with Crippen LogP contribution in [0, 0.1) is 0 Å². The lowest BCUT2D eigenvalue weighted by Gasteiger charge is -2.11. The van der Waals surface area contributed by atoms with Crippen molar-refractivity contribution in [1.82, 2.24) is 20.6 Å². The largest absolute Gasteiger partial charge is 0.361 e. The lowest BCUT2D eigenvalue weighted by atomic mass is 10.1. The molecule has 6 heteroatoms.